The number of aryl methyl sites for hydroxylation is 1. The number of hydrogen-bond acceptors (Lipinski definition) is 1. The maximum absolute atomic E-state index is 6.39. The molecule has 0 fully saturated rings. The third-order valence-corrected chi connectivity index (χ3v) is 4.60. The highest BCUT2D eigenvalue weighted by Crippen LogP contribution is 2.36. The van der Waals surface area contributed by atoms with E-state index < -0.39 is 0 Å². The summed E-state index contributed by atoms with van der Waals surface area (Å²) in [5.41, 5.74) is 1.31. The first-order valence-corrected chi connectivity index (χ1v) is 7.59. The second kappa shape index (κ2) is 6.93. The number of hydrogen-bond donors (Lipinski definition) is 0. The fourth-order valence-corrected chi connectivity index (χ4v) is 3.89. The van der Waals surface area contributed by atoms with Crippen molar-refractivity contribution in [3.8, 4) is 0 Å². The van der Waals surface area contributed by atoms with Gasteiger partial charge in [-0.15, -0.1) is 22.9 Å². The molecule has 0 aliphatic rings. The van der Waals surface area contributed by atoms with Gasteiger partial charge in [-0.2, -0.15) is 0 Å². The molecule has 0 bridgehead atoms. The maximum Gasteiger partial charge on any atom is 0.0704 e. The standard InChI is InChI=1S/C12H18BrClS/c1-3-4-5-6-7-11(14)10-8-12(13)15-9(10)2/h8,11H,3-7H2,1-2H3. The first-order valence-electron chi connectivity index (χ1n) is 5.55. The minimum atomic E-state index is 0.199. The minimum absolute atomic E-state index is 0.199. The summed E-state index contributed by atoms with van der Waals surface area (Å²) in [7, 11) is 0. The van der Waals surface area contributed by atoms with Crippen LogP contribution in [0, 0.1) is 6.92 Å². The van der Waals surface area contributed by atoms with Crippen molar-refractivity contribution < 1.29 is 0 Å². The van der Waals surface area contributed by atoms with E-state index in [0.717, 1.165) is 6.42 Å². The molecule has 1 aromatic rings. The fourth-order valence-electron chi connectivity index (χ4n) is 1.68. The zero-order valence-electron chi connectivity index (χ0n) is 9.35. The normalized spacial score (nSPS) is 13.1. The van der Waals surface area contributed by atoms with Crippen LogP contribution in [0.2, 0.25) is 0 Å². The van der Waals surface area contributed by atoms with E-state index in [2.05, 4.69) is 35.8 Å². The molecule has 0 spiro atoms. The van der Waals surface area contributed by atoms with Gasteiger partial charge in [-0.3, -0.25) is 0 Å². The Bertz CT molecular complexity index is 296. The zero-order valence-corrected chi connectivity index (χ0v) is 12.5. The highest BCUT2D eigenvalue weighted by atomic mass is 79.9. The Morgan fingerprint density at radius 1 is 1.40 bits per heavy atom. The SMILES string of the molecule is CCCCCCC(Cl)c1cc(Br)sc1C. The van der Waals surface area contributed by atoms with E-state index in [1.807, 2.05) is 0 Å². The average Bonchev–Trinajstić information content (AvgIpc) is 2.52. The number of thiophene rings is 1. The van der Waals surface area contributed by atoms with Gasteiger partial charge < -0.3 is 0 Å². The summed E-state index contributed by atoms with van der Waals surface area (Å²) >= 11 is 11.7. The second-order valence-corrected chi connectivity index (χ2v) is 7.04. The van der Waals surface area contributed by atoms with Crippen LogP contribution in [0.4, 0.5) is 0 Å². The minimum Gasteiger partial charge on any atom is -0.133 e. The first-order chi connectivity index (χ1) is 7.15. The van der Waals surface area contributed by atoms with E-state index in [0.29, 0.717) is 0 Å². The molecule has 3 heteroatoms. The lowest BCUT2D eigenvalue weighted by atomic mass is 10.1. The van der Waals surface area contributed by atoms with Crippen molar-refractivity contribution >= 4 is 38.9 Å². The molecule has 0 aliphatic carbocycles. The highest BCUT2D eigenvalue weighted by Gasteiger charge is 2.12. The van der Waals surface area contributed by atoms with Crippen molar-refractivity contribution in [1.82, 2.24) is 0 Å². The lowest BCUT2D eigenvalue weighted by Crippen LogP contribution is -1.90. The molecule has 1 unspecified atom stereocenters. The van der Waals surface area contributed by atoms with Gasteiger partial charge >= 0.3 is 0 Å². The summed E-state index contributed by atoms with van der Waals surface area (Å²) in [6, 6.07) is 2.16. The number of rotatable bonds is 6. The van der Waals surface area contributed by atoms with Crippen LogP contribution in [-0.2, 0) is 0 Å². The van der Waals surface area contributed by atoms with E-state index in [1.54, 1.807) is 11.3 Å². The van der Waals surface area contributed by atoms with Gasteiger partial charge in [0.2, 0.25) is 0 Å². The molecule has 0 amide bonds. The largest absolute Gasteiger partial charge is 0.133 e. The number of halogens is 2. The van der Waals surface area contributed by atoms with Crippen molar-refractivity contribution in [2.24, 2.45) is 0 Å². The summed E-state index contributed by atoms with van der Waals surface area (Å²) in [5.74, 6) is 0. The Labute approximate surface area is 110 Å². The number of alkyl halides is 1. The molecule has 0 aromatic carbocycles. The molecule has 0 saturated carbocycles. The molecular formula is C12H18BrClS. The third kappa shape index (κ3) is 4.46. The summed E-state index contributed by atoms with van der Waals surface area (Å²) in [4.78, 5) is 1.34. The lowest BCUT2D eigenvalue weighted by Gasteiger charge is -2.08. The van der Waals surface area contributed by atoms with Crippen LogP contribution in [0.15, 0.2) is 9.85 Å². The van der Waals surface area contributed by atoms with Crippen LogP contribution in [0.3, 0.4) is 0 Å². The van der Waals surface area contributed by atoms with Crippen molar-refractivity contribution in [2.75, 3.05) is 0 Å². The molecule has 1 heterocycles. The topological polar surface area (TPSA) is 0 Å². The Morgan fingerprint density at radius 2 is 2.13 bits per heavy atom. The van der Waals surface area contributed by atoms with Crippen LogP contribution >= 0.6 is 38.9 Å². The van der Waals surface area contributed by atoms with Crippen LogP contribution < -0.4 is 0 Å². The molecule has 1 rings (SSSR count). The zero-order chi connectivity index (χ0) is 11.3. The van der Waals surface area contributed by atoms with Crippen LogP contribution in [0.5, 0.6) is 0 Å². The van der Waals surface area contributed by atoms with Gasteiger partial charge in [0.05, 0.1) is 9.16 Å². The van der Waals surface area contributed by atoms with Crippen LogP contribution in [-0.4, -0.2) is 0 Å². The Hall–Kier alpha value is 0.470. The highest BCUT2D eigenvalue weighted by molar-refractivity contribution is 9.11. The molecule has 0 saturated heterocycles. The van der Waals surface area contributed by atoms with E-state index >= 15 is 0 Å². The fraction of sp³-hybridized carbons (Fsp3) is 0.667. The van der Waals surface area contributed by atoms with Crippen LogP contribution in [0.25, 0.3) is 0 Å². The smallest absolute Gasteiger partial charge is 0.0704 e. The van der Waals surface area contributed by atoms with Gasteiger partial charge in [0.1, 0.15) is 0 Å². The average molecular weight is 310 g/mol. The van der Waals surface area contributed by atoms with E-state index in [1.165, 1.54) is 39.9 Å². The molecular weight excluding hydrogens is 292 g/mol. The molecule has 1 aromatic heterocycles. The lowest BCUT2D eigenvalue weighted by molar-refractivity contribution is 0.624. The van der Waals surface area contributed by atoms with Gasteiger partial charge in [0.15, 0.2) is 0 Å². The molecule has 0 N–H and O–H groups in total. The van der Waals surface area contributed by atoms with E-state index in [9.17, 15) is 0 Å². The second-order valence-electron chi connectivity index (χ2n) is 3.88. The van der Waals surface area contributed by atoms with Gasteiger partial charge in [-0.1, -0.05) is 32.6 Å². The predicted octanol–water partition coefficient (Wildman–Crippen LogP) is 6.07. The van der Waals surface area contributed by atoms with Crippen molar-refractivity contribution in [1.29, 1.82) is 0 Å². The quantitative estimate of drug-likeness (QED) is 0.442. The monoisotopic (exact) mass is 308 g/mol. The molecule has 0 aliphatic heterocycles. The van der Waals surface area contributed by atoms with Gasteiger partial charge in [-0.05, 0) is 40.9 Å². The molecule has 15 heavy (non-hydrogen) atoms. The summed E-state index contributed by atoms with van der Waals surface area (Å²) in [5, 5.41) is 0.199. The van der Waals surface area contributed by atoms with Crippen LogP contribution in [0.1, 0.15) is 54.8 Å². The molecule has 1 atom stereocenters. The first kappa shape index (κ1) is 13.5. The van der Waals surface area contributed by atoms with Gasteiger partial charge in [-0.25, -0.2) is 0 Å². The molecule has 0 nitrogen and oxygen atoms in total. The van der Waals surface area contributed by atoms with E-state index in [4.69, 9.17) is 11.6 Å². The Morgan fingerprint density at radius 3 is 2.67 bits per heavy atom. The predicted molar refractivity (Wildman–Crippen MR) is 74.1 cm³/mol. The Balaban J connectivity index is 2.39. The summed E-state index contributed by atoms with van der Waals surface area (Å²) < 4.78 is 1.19. The van der Waals surface area contributed by atoms with E-state index in [-0.39, 0.29) is 5.38 Å². The third-order valence-electron chi connectivity index (χ3n) is 2.57. The summed E-state index contributed by atoms with van der Waals surface area (Å²) in [6.45, 7) is 4.38. The van der Waals surface area contributed by atoms with Gasteiger partial charge in [0.25, 0.3) is 0 Å². The van der Waals surface area contributed by atoms with Gasteiger partial charge in [0, 0.05) is 4.88 Å². The van der Waals surface area contributed by atoms with Crippen molar-refractivity contribution in [3.05, 3.63) is 20.3 Å². The number of unbranched alkanes of at least 4 members (excludes halogenated alkanes) is 3. The maximum atomic E-state index is 6.39. The summed E-state index contributed by atoms with van der Waals surface area (Å²) in [6.07, 6.45) is 6.27. The van der Waals surface area contributed by atoms with Crippen molar-refractivity contribution in [3.63, 3.8) is 0 Å². The van der Waals surface area contributed by atoms with Crippen molar-refractivity contribution in [2.45, 2.75) is 51.3 Å². The molecule has 0 radical (unpaired) electrons. The molecule has 86 valence electrons. The Kier molecular flexibility index (Phi) is 6.25.